The lowest BCUT2D eigenvalue weighted by Gasteiger charge is -2.09. The average Bonchev–Trinajstić information content (AvgIpc) is 2.47. The quantitative estimate of drug-likeness (QED) is 0.900. The van der Waals surface area contributed by atoms with Crippen LogP contribution in [0.3, 0.4) is 0 Å². The minimum absolute atomic E-state index is 0.146. The van der Waals surface area contributed by atoms with Crippen LogP contribution in [0.25, 0.3) is 0 Å². The van der Waals surface area contributed by atoms with Crippen LogP contribution in [0, 0.1) is 0 Å². The molecule has 1 heterocycles. The van der Waals surface area contributed by atoms with Crippen molar-refractivity contribution < 1.29 is 14.3 Å². The van der Waals surface area contributed by atoms with E-state index in [2.05, 4.69) is 26.2 Å². The molecule has 0 unspecified atom stereocenters. The zero-order valence-corrected chi connectivity index (χ0v) is 13.3. The maximum atomic E-state index is 12.0. The van der Waals surface area contributed by atoms with Crippen LogP contribution in [0.4, 0.5) is 5.82 Å². The molecule has 0 saturated carbocycles. The maximum absolute atomic E-state index is 12.0. The van der Waals surface area contributed by atoms with Gasteiger partial charge in [-0.05, 0) is 29.8 Å². The van der Waals surface area contributed by atoms with Crippen molar-refractivity contribution in [1.82, 2.24) is 4.98 Å². The molecule has 1 aromatic carbocycles. The number of rotatable bonds is 5. The van der Waals surface area contributed by atoms with Crippen LogP contribution in [-0.2, 0) is 11.2 Å². The van der Waals surface area contributed by atoms with Crippen LogP contribution in [0.2, 0.25) is 0 Å². The summed E-state index contributed by atoms with van der Waals surface area (Å²) in [5, 5.41) is 2.75. The van der Waals surface area contributed by atoms with Gasteiger partial charge in [0.15, 0.2) is 11.5 Å². The molecule has 1 amide bonds. The summed E-state index contributed by atoms with van der Waals surface area (Å²) >= 11 is 3.33. The number of benzene rings is 1. The number of carbonyl (C=O) groups is 1. The molecule has 21 heavy (non-hydrogen) atoms. The van der Waals surface area contributed by atoms with Crippen LogP contribution in [0.1, 0.15) is 5.56 Å². The zero-order chi connectivity index (χ0) is 15.2. The summed E-state index contributed by atoms with van der Waals surface area (Å²) in [5.74, 6) is 1.60. The highest BCUT2D eigenvalue weighted by Crippen LogP contribution is 2.27. The van der Waals surface area contributed by atoms with Crippen LogP contribution < -0.4 is 14.8 Å². The van der Waals surface area contributed by atoms with E-state index in [0.29, 0.717) is 17.3 Å². The molecule has 0 saturated heterocycles. The van der Waals surface area contributed by atoms with Gasteiger partial charge in [0, 0.05) is 10.7 Å². The Balaban J connectivity index is 2.06. The second-order valence-electron chi connectivity index (χ2n) is 4.27. The lowest BCUT2D eigenvalue weighted by Crippen LogP contribution is -2.15. The Bertz CT molecular complexity index is 647. The van der Waals surface area contributed by atoms with Gasteiger partial charge in [0.25, 0.3) is 0 Å². The molecule has 0 spiro atoms. The van der Waals surface area contributed by atoms with Crippen molar-refractivity contribution in [3.63, 3.8) is 0 Å². The number of carbonyl (C=O) groups excluding carboxylic acids is 1. The summed E-state index contributed by atoms with van der Waals surface area (Å²) in [6.07, 6.45) is 1.85. The molecule has 5 nitrogen and oxygen atoms in total. The number of pyridine rings is 1. The molecule has 0 fully saturated rings. The van der Waals surface area contributed by atoms with Gasteiger partial charge in [0.2, 0.25) is 5.91 Å². The first-order chi connectivity index (χ1) is 10.1. The fourth-order valence-electron chi connectivity index (χ4n) is 1.84. The third-order valence-electron chi connectivity index (χ3n) is 2.80. The number of hydrogen-bond acceptors (Lipinski definition) is 4. The van der Waals surface area contributed by atoms with Gasteiger partial charge in [-0.1, -0.05) is 22.0 Å². The van der Waals surface area contributed by atoms with Crippen molar-refractivity contribution in [1.29, 1.82) is 0 Å². The molecule has 1 N–H and O–H groups in total. The Morgan fingerprint density at radius 1 is 1.19 bits per heavy atom. The summed E-state index contributed by atoms with van der Waals surface area (Å²) in [7, 11) is 3.14. The van der Waals surface area contributed by atoms with E-state index in [1.54, 1.807) is 44.7 Å². The van der Waals surface area contributed by atoms with E-state index in [1.165, 1.54) is 0 Å². The summed E-state index contributed by atoms with van der Waals surface area (Å²) < 4.78 is 11.2. The molecule has 0 aliphatic carbocycles. The molecule has 0 radical (unpaired) electrons. The predicted molar refractivity (Wildman–Crippen MR) is 83.8 cm³/mol. The van der Waals surface area contributed by atoms with E-state index < -0.39 is 0 Å². The van der Waals surface area contributed by atoms with Gasteiger partial charge in [-0.3, -0.25) is 4.79 Å². The van der Waals surface area contributed by atoms with Crippen molar-refractivity contribution in [2.75, 3.05) is 19.5 Å². The number of hydrogen-bond donors (Lipinski definition) is 1. The van der Waals surface area contributed by atoms with Gasteiger partial charge in [-0.25, -0.2) is 4.98 Å². The van der Waals surface area contributed by atoms with E-state index in [1.807, 2.05) is 6.07 Å². The molecular weight excluding hydrogens is 336 g/mol. The van der Waals surface area contributed by atoms with Gasteiger partial charge >= 0.3 is 0 Å². The number of aromatic nitrogens is 1. The second-order valence-corrected chi connectivity index (χ2v) is 5.19. The van der Waals surface area contributed by atoms with Gasteiger partial charge in [0.05, 0.1) is 20.6 Å². The Morgan fingerprint density at radius 2 is 1.95 bits per heavy atom. The number of nitrogens with zero attached hydrogens (tertiary/aromatic N) is 1. The fraction of sp³-hybridized carbons (Fsp3) is 0.200. The van der Waals surface area contributed by atoms with Gasteiger partial charge in [-0.2, -0.15) is 0 Å². The lowest BCUT2D eigenvalue weighted by molar-refractivity contribution is -0.115. The van der Waals surface area contributed by atoms with Crippen LogP contribution in [0.5, 0.6) is 11.5 Å². The molecule has 0 aliphatic heterocycles. The molecule has 2 rings (SSSR count). The van der Waals surface area contributed by atoms with E-state index in [9.17, 15) is 4.79 Å². The first-order valence-electron chi connectivity index (χ1n) is 6.24. The molecule has 6 heteroatoms. The number of ether oxygens (including phenoxy) is 2. The highest BCUT2D eigenvalue weighted by Gasteiger charge is 2.09. The van der Waals surface area contributed by atoms with E-state index >= 15 is 0 Å². The minimum atomic E-state index is -0.146. The summed E-state index contributed by atoms with van der Waals surface area (Å²) in [5.41, 5.74) is 0.833. The fourth-order valence-corrected chi connectivity index (χ4v) is 2.17. The molecule has 0 bridgehead atoms. The predicted octanol–water partition coefficient (Wildman–Crippen LogP) is 3.04. The Hall–Kier alpha value is -2.08. The Kier molecular flexibility index (Phi) is 5.16. The number of amides is 1. The van der Waals surface area contributed by atoms with Crippen molar-refractivity contribution in [3.8, 4) is 11.5 Å². The first kappa shape index (κ1) is 15.3. The smallest absolute Gasteiger partial charge is 0.229 e. The number of halogens is 1. The summed E-state index contributed by atoms with van der Waals surface area (Å²) in [4.78, 5) is 16.1. The lowest BCUT2D eigenvalue weighted by atomic mass is 10.1. The molecule has 0 atom stereocenters. The van der Waals surface area contributed by atoms with Gasteiger partial charge in [0.1, 0.15) is 5.82 Å². The third-order valence-corrected chi connectivity index (χ3v) is 3.30. The Morgan fingerprint density at radius 3 is 2.62 bits per heavy atom. The van der Waals surface area contributed by atoms with Crippen molar-refractivity contribution in [2.45, 2.75) is 6.42 Å². The van der Waals surface area contributed by atoms with Crippen molar-refractivity contribution >= 4 is 27.7 Å². The van der Waals surface area contributed by atoms with Gasteiger partial charge < -0.3 is 14.8 Å². The summed E-state index contributed by atoms with van der Waals surface area (Å²) in [6.45, 7) is 0. The van der Waals surface area contributed by atoms with E-state index in [0.717, 1.165) is 10.0 Å². The molecular formula is C15H15BrN2O3. The molecule has 1 aromatic heterocycles. The van der Waals surface area contributed by atoms with Crippen LogP contribution in [0.15, 0.2) is 41.0 Å². The van der Waals surface area contributed by atoms with Gasteiger partial charge in [-0.15, -0.1) is 0 Å². The number of anilines is 1. The standard InChI is InChI=1S/C15H15BrN2O3/c1-20-12-4-3-10(7-13(12)21-2)8-15(19)18-14-9-11(16)5-6-17-14/h3-7,9H,8H2,1-2H3,(H,17,18,19). The number of nitrogens with one attached hydrogen (secondary N) is 1. The second kappa shape index (κ2) is 7.08. The van der Waals surface area contributed by atoms with Crippen LogP contribution in [-0.4, -0.2) is 25.1 Å². The van der Waals surface area contributed by atoms with Crippen LogP contribution >= 0.6 is 15.9 Å². The highest BCUT2D eigenvalue weighted by atomic mass is 79.9. The molecule has 110 valence electrons. The molecule has 2 aromatic rings. The number of methoxy groups -OCH3 is 2. The maximum Gasteiger partial charge on any atom is 0.229 e. The van der Waals surface area contributed by atoms with E-state index in [-0.39, 0.29) is 12.3 Å². The van der Waals surface area contributed by atoms with Crippen molar-refractivity contribution in [3.05, 3.63) is 46.6 Å². The Labute approximate surface area is 131 Å². The molecule has 0 aliphatic rings. The highest BCUT2D eigenvalue weighted by molar-refractivity contribution is 9.10. The summed E-state index contributed by atoms with van der Waals surface area (Å²) in [6, 6.07) is 8.93. The SMILES string of the molecule is COc1ccc(CC(=O)Nc2cc(Br)ccn2)cc1OC. The minimum Gasteiger partial charge on any atom is -0.493 e. The zero-order valence-electron chi connectivity index (χ0n) is 11.7. The largest absolute Gasteiger partial charge is 0.493 e. The third kappa shape index (κ3) is 4.19. The first-order valence-corrected chi connectivity index (χ1v) is 7.04. The monoisotopic (exact) mass is 350 g/mol. The van der Waals surface area contributed by atoms with Crippen molar-refractivity contribution in [2.24, 2.45) is 0 Å². The topological polar surface area (TPSA) is 60.5 Å². The average molecular weight is 351 g/mol. The normalized spacial score (nSPS) is 10.0. The van der Waals surface area contributed by atoms with E-state index in [4.69, 9.17) is 9.47 Å².